The highest BCUT2D eigenvalue weighted by Gasteiger charge is 2.40. The van der Waals surface area contributed by atoms with Crippen molar-refractivity contribution in [2.24, 2.45) is 15.7 Å². The van der Waals surface area contributed by atoms with E-state index in [0.29, 0.717) is 5.96 Å². The number of aliphatic imine (C=N–C) groups is 2. The van der Waals surface area contributed by atoms with E-state index in [-0.39, 0.29) is 5.54 Å². The number of nitrogens with two attached hydrogens (primary N) is 1. The van der Waals surface area contributed by atoms with Crippen LogP contribution in [-0.4, -0.2) is 36.2 Å². The van der Waals surface area contributed by atoms with Gasteiger partial charge in [-0.3, -0.25) is 4.99 Å². The Hall–Kier alpha value is -2.36. The average molecular weight is 336 g/mol. The molecule has 1 aliphatic carbocycles. The molecule has 25 heavy (non-hydrogen) atoms. The molecule has 1 aliphatic heterocycles. The molecule has 1 heterocycles. The lowest BCUT2D eigenvalue weighted by Gasteiger charge is -2.33. The summed E-state index contributed by atoms with van der Waals surface area (Å²) < 4.78 is 0. The zero-order valence-corrected chi connectivity index (χ0v) is 15.5. The lowest BCUT2D eigenvalue weighted by atomic mass is 9.76. The lowest BCUT2D eigenvalue weighted by molar-refractivity contribution is 0.334. The van der Waals surface area contributed by atoms with Gasteiger partial charge in [0.1, 0.15) is 0 Å². The average Bonchev–Trinajstić information content (AvgIpc) is 2.87. The third kappa shape index (κ3) is 3.53. The van der Waals surface area contributed by atoms with E-state index < -0.39 is 0 Å². The number of guanidine groups is 1. The summed E-state index contributed by atoms with van der Waals surface area (Å²) in [6, 6.07) is 6.61. The molecule has 132 valence electrons. The number of benzene rings is 1. The van der Waals surface area contributed by atoms with Crippen LogP contribution in [0.3, 0.4) is 0 Å². The van der Waals surface area contributed by atoms with Crippen molar-refractivity contribution in [3.63, 3.8) is 0 Å². The van der Waals surface area contributed by atoms with Crippen LogP contribution in [0.4, 0.5) is 0 Å². The van der Waals surface area contributed by atoms with E-state index in [0.717, 1.165) is 32.2 Å². The van der Waals surface area contributed by atoms with E-state index >= 15 is 0 Å². The fourth-order valence-electron chi connectivity index (χ4n) is 3.89. The van der Waals surface area contributed by atoms with Gasteiger partial charge in [0.25, 0.3) is 0 Å². The highest BCUT2D eigenvalue weighted by molar-refractivity contribution is 5.81. The minimum absolute atomic E-state index is 0.0465. The van der Waals surface area contributed by atoms with Crippen LogP contribution < -0.4 is 5.73 Å². The van der Waals surface area contributed by atoms with Crippen LogP contribution in [0.5, 0.6) is 0 Å². The Morgan fingerprint density at radius 3 is 2.96 bits per heavy atom. The smallest absolute Gasteiger partial charge is 0.191 e. The molecule has 3 rings (SSSR count). The summed E-state index contributed by atoms with van der Waals surface area (Å²) in [5, 5.41) is 0. The Morgan fingerprint density at radius 1 is 1.44 bits per heavy atom. The van der Waals surface area contributed by atoms with Gasteiger partial charge in [-0.15, -0.1) is 0 Å². The number of hydrogen-bond donors (Lipinski definition) is 1. The molecular weight excluding hydrogens is 308 g/mol. The van der Waals surface area contributed by atoms with Crippen LogP contribution in [0, 0.1) is 0 Å². The molecule has 1 aromatic rings. The fourth-order valence-corrected chi connectivity index (χ4v) is 3.89. The first-order chi connectivity index (χ1) is 12.1. The molecule has 1 unspecified atom stereocenters. The van der Waals surface area contributed by atoms with E-state index in [4.69, 9.17) is 10.7 Å². The lowest BCUT2D eigenvalue weighted by Crippen LogP contribution is -2.39. The molecular formula is C21H28N4. The van der Waals surface area contributed by atoms with Crippen LogP contribution in [0.25, 0.3) is 5.57 Å². The topological polar surface area (TPSA) is 54.0 Å². The third-order valence-corrected chi connectivity index (χ3v) is 5.11. The molecule has 0 saturated heterocycles. The Kier molecular flexibility index (Phi) is 5.07. The van der Waals surface area contributed by atoms with Crippen LogP contribution >= 0.6 is 0 Å². The quantitative estimate of drug-likeness (QED) is 0.675. The summed E-state index contributed by atoms with van der Waals surface area (Å²) in [5.74, 6) is 0.670. The van der Waals surface area contributed by atoms with Crippen LogP contribution in [0.15, 0.2) is 46.5 Å². The third-order valence-electron chi connectivity index (χ3n) is 5.11. The summed E-state index contributed by atoms with van der Waals surface area (Å²) >= 11 is 0. The number of rotatable bonds is 4. The first kappa shape index (κ1) is 17.5. The van der Waals surface area contributed by atoms with Gasteiger partial charge in [-0.2, -0.15) is 0 Å². The molecule has 4 heteroatoms. The molecule has 1 atom stereocenters. The summed E-state index contributed by atoms with van der Waals surface area (Å²) in [6.07, 6.45) is 12.2. The van der Waals surface area contributed by atoms with E-state index in [1.165, 1.54) is 22.3 Å². The predicted octanol–water partition coefficient (Wildman–Crippen LogP) is 3.57. The second kappa shape index (κ2) is 7.26. The molecule has 0 amide bonds. The van der Waals surface area contributed by atoms with Crippen molar-refractivity contribution < 1.29 is 0 Å². The molecule has 2 N–H and O–H groups in total. The standard InChI is InChI=1S/C21H28N4/c1-4-6-8-17(14-23-5-2)18-10-7-9-16-13-21(12-11-19(16)18)15-25(3)20(22)24-21/h5-10,14H,4,11-13,15H2,1-3H3,(H2,22,24)/b8-6-,17-14+,23-5?. The second-order valence-electron chi connectivity index (χ2n) is 6.97. The Morgan fingerprint density at radius 2 is 2.28 bits per heavy atom. The van der Waals surface area contributed by atoms with Gasteiger partial charge in [-0.05, 0) is 54.9 Å². The van der Waals surface area contributed by atoms with Crippen molar-refractivity contribution in [2.45, 2.75) is 45.1 Å². The SMILES string of the molecule is CC=N/C=C(\C=C/CC)c1cccc2c1CCC1(C2)CN(C)C(N)=N1. The van der Waals surface area contributed by atoms with E-state index in [1.807, 2.05) is 26.4 Å². The van der Waals surface area contributed by atoms with Crippen LogP contribution in [-0.2, 0) is 12.8 Å². The first-order valence-corrected chi connectivity index (χ1v) is 9.10. The van der Waals surface area contributed by atoms with Crippen molar-refractivity contribution in [3.8, 4) is 0 Å². The van der Waals surface area contributed by atoms with Gasteiger partial charge >= 0.3 is 0 Å². The number of nitrogens with zero attached hydrogens (tertiary/aromatic N) is 3. The number of likely N-dealkylation sites (N-methyl/N-ethyl adjacent to an activating group) is 1. The summed E-state index contributed by atoms with van der Waals surface area (Å²) in [6.45, 7) is 5.02. The fraction of sp³-hybridized carbons (Fsp3) is 0.429. The van der Waals surface area contributed by atoms with Crippen molar-refractivity contribution >= 4 is 17.7 Å². The van der Waals surface area contributed by atoms with Crippen molar-refractivity contribution in [2.75, 3.05) is 13.6 Å². The molecule has 0 radical (unpaired) electrons. The summed E-state index contributed by atoms with van der Waals surface area (Å²) in [4.78, 5) is 11.2. The minimum atomic E-state index is -0.0465. The van der Waals surface area contributed by atoms with Gasteiger partial charge in [-0.25, -0.2) is 4.99 Å². The van der Waals surface area contributed by atoms with Crippen LogP contribution in [0.1, 0.15) is 43.4 Å². The Balaban J connectivity index is 1.97. The molecule has 0 bridgehead atoms. The molecule has 1 aromatic carbocycles. The van der Waals surface area contributed by atoms with Gasteiger partial charge < -0.3 is 10.6 Å². The van der Waals surface area contributed by atoms with Crippen LogP contribution in [0.2, 0.25) is 0 Å². The van der Waals surface area contributed by atoms with E-state index in [2.05, 4.69) is 47.2 Å². The highest BCUT2D eigenvalue weighted by atomic mass is 15.3. The Labute approximate surface area is 150 Å². The molecule has 0 aromatic heterocycles. The monoisotopic (exact) mass is 336 g/mol. The molecule has 2 aliphatic rings. The number of hydrogen-bond acceptors (Lipinski definition) is 4. The minimum Gasteiger partial charge on any atom is -0.370 e. The van der Waals surface area contributed by atoms with Gasteiger partial charge in [0, 0.05) is 26.0 Å². The predicted molar refractivity (Wildman–Crippen MR) is 107 cm³/mol. The largest absolute Gasteiger partial charge is 0.370 e. The van der Waals surface area contributed by atoms with Gasteiger partial charge in [0.05, 0.1) is 5.54 Å². The number of fused-ring (bicyclic) bond motifs is 1. The molecule has 0 saturated carbocycles. The molecule has 4 nitrogen and oxygen atoms in total. The maximum absolute atomic E-state index is 6.03. The van der Waals surface area contributed by atoms with Crippen molar-refractivity contribution in [1.29, 1.82) is 0 Å². The van der Waals surface area contributed by atoms with Crippen molar-refractivity contribution in [1.82, 2.24) is 4.90 Å². The van der Waals surface area contributed by atoms with Gasteiger partial charge in [-0.1, -0.05) is 37.3 Å². The van der Waals surface area contributed by atoms with E-state index in [1.54, 1.807) is 0 Å². The zero-order chi connectivity index (χ0) is 17.9. The zero-order valence-electron chi connectivity index (χ0n) is 15.5. The highest BCUT2D eigenvalue weighted by Crippen LogP contribution is 2.38. The number of allylic oxidation sites excluding steroid dienone is 3. The van der Waals surface area contributed by atoms with Gasteiger partial charge in [0.15, 0.2) is 5.96 Å². The van der Waals surface area contributed by atoms with Crippen molar-refractivity contribution in [3.05, 3.63) is 53.2 Å². The molecule has 1 spiro atoms. The van der Waals surface area contributed by atoms with Gasteiger partial charge in [0.2, 0.25) is 0 Å². The maximum Gasteiger partial charge on any atom is 0.191 e. The maximum atomic E-state index is 6.03. The summed E-state index contributed by atoms with van der Waals surface area (Å²) in [5.41, 5.74) is 11.3. The molecule has 0 fully saturated rings. The van der Waals surface area contributed by atoms with E-state index in [9.17, 15) is 0 Å². The normalized spacial score (nSPS) is 23.7. The first-order valence-electron chi connectivity index (χ1n) is 9.10. The second-order valence-corrected chi connectivity index (χ2v) is 6.97. The Bertz CT molecular complexity index is 757. The summed E-state index contributed by atoms with van der Waals surface area (Å²) in [7, 11) is 2.03.